The summed E-state index contributed by atoms with van der Waals surface area (Å²) in [5.74, 6) is 0.250. The summed E-state index contributed by atoms with van der Waals surface area (Å²) in [6.45, 7) is 0.413. The van der Waals surface area contributed by atoms with E-state index in [0.717, 1.165) is 6.07 Å². The second kappa shape index (κ2) is 4.12. The summed E-state index contributed by atoms with van der Waals surface area (Å²) in [4.78, 5) is 5.16. The van der Waals surface area contributed by atoms with Crippen molar-refractivity contribution in [2.24, 2.45) is 5.73 Å². The highest BCUT2D eigenvalue weighted by atomic mass is 19.4. The Morgan fingerprint density at radius 1 is 1.29 bits per heavy atom. The Balaban J connectivity index is 2.26. The Labute approximate surface area is 96.1 Å². The number of alkyl halides is 3. The molecule has 2 N–H and O–H groups in total. The molecule has 2 heterocycles. The first-order valence-electron chi connectivity index (χ1n) is 4.91. The zero-order valence-corrected chi connectivity index (χ0v) is 8.78. The van der Waals surface area contributed by atoms with E-state index in [4.69, 9.17) is 5.73 Å². The molecule has 0 atom stereocenters. The van der Waals surface area contributed by atoms with E-state index in [0.29, 0.717) is 12.2 Å². The maximum atomic E-state index is 12.5. The van der Waals surface area contributed by atoms with Gasteiger partial charge in [-0.3, -0.25) is 0 Å². The van der Waals surface area contributed by atoms with E-state index in [1.807, 2.05) is 0 Å². The monoisotopic (exact) mass is 241 g/mol. The van der Waals surface area contributed by atoms with E-state index in [2.05, 4.69) is 4.98 Å². The smallest absolute Gasteiger partial charge is 0.399 e. The summed E-state index contributed by atoms with van der Waals surface area (Å²) < 4.78 is 37.4. The van der Waals surface area contributed by atoms with Gasteiger partial charge in [-0.25, -0.2) is 4.98 Å². The van der Waals surface area contributed by atoms with Gasteiger partial charge in [0, 0.05) is 18.4 Å². The molecule has 0 spiro atoms. The number of hydrogen-bond donors (Lipinski definition) is 1. The molecule has 17 heavy (non-hydrogen) atoms. The van der Waals surface area contributed by atoms with Crippen LogP contribution in [0.4, 0.5) is 19.0 Å². The summed E-state index contributed by atoms with van der Waals surface area (Å²) in [7, 11) is 0. The molecule has 2 rings (SSSR count). The van der Waals surface area contributed by atoms with Gasteiger partial charge in [0.25, 0.3) is 0 Å². The van der Waals surface area contributed by atoms with Crippen molar-refractivity contribution in [3.05, 3.63) is 47.9 Å². The molecule has 3 nitrogen and oxygen atoms in total. The number of allylic oxidation sites excluding steroid dienone is 1. The fourth-order valence-electron chi connectivity index (χ4n) is 1.42. The number of rotatable bonds is 1. The molecule has 0 unspecified atom stereocenters. The molecule has 90 valence electrons. The lowest BCUT2D eigenvalue weighted by Gasteiger charge is -2.21. The van der Waals surface area contributed by atoms with Crippen LogP contribution in [0.1, 0.15) is 5.69 Å². The Hall–Kier alpha value is -1.98. The van der Waals surface area contributed by atoms with Crippen LogP contribution in [-0.4, -0.2) is 11.5 Å². The van der Waals surface area contributed by atoms with Crippen LogP contribution in [0.3, 0.4) is 0 Å². The van der Waals surface area contributed by atoms with E-state index in [9.17, 15) is 13.2 Å². The molecule has 1 aliphatic rings. The van der Waals surface area contributed by atoms with Gasteiger partial charge in [-0.2, -0.15) is 13.2 Å². The Morgan fingerprint density at radius 2 is 2.06 bits per heavy atom. The number of halogens is 3. The van der Waals surface area contributed by atoms with E-state index < -0.39 is 11.9 Å². The van der Waals surface area contributed by atoms with Crippen LogP contribution in [0.5, 0.6) is 0 Å². The SMILES string of the molecule is NC1=CCN(c2cccc(C(F)(F)F)n2)C=C1. The third-order valence-electron chi connectivity index (χ3n) is 2.29. The maximum absolute atomic E-state index is 12.5. The molecule has 0 bridgehead atoms. The lowest BCUT2D eigenvalue weighted by molar-refractivity contribution is -0.141. The molecule has 0 aromatic carbocycles. The first-order valence-corrected chi connectivity index (χ1v) is 4.91. The average molecular weight is 241 g/mol. The minimum Gasteiger partial charge on any atom is -0.399 e. The van der Waals surface area contributed by atoms with Gasteiger partial charge in [0.05, 0.1) is 0 Å². The predicted octanol–water partition coefficient (Wildman–Crippen LogP) is 2.28. The zero-order valence-electron chi connectivity index (χ0n) is 8.78. The van der Waals surface area contributed by atoms with Crippen molar-refractivity contribution >= 4 is 5.82 Å². The molecule has 0 amide bonds. The van der Waals surface area contributed by atoms with Crippen molar-refractivity contribution in [1.29, 1.82) is 0 Å². The van der Waals surface area contributed by atoms with E-state index in [1.165, 1.54) is 12.1 Å². The van der Waals surface area contributed by atoms with Gasteiger partial charge < -0.3 is 10.6 Å². The summed E-state index contributed by atoms with van der Waals surface area (Å²) >= 11 is 0. The van der Waals surface area contributed by atoms with Crippen molar-refractivity contribution in [3.63, 3.8) is 0 Å². The first-order chi connectivity index (χ1) is 7.97. The molecule has 0 saturated carbocycles. The highest BCUT2D eigenvalue weighted by molar-refractivity contribution is 5.47. The number of nitrogens with zero attached hydrogens (tertiary/aromatic N) is 2. The van der Waals surface area contributed by atoms with Crippen LogP contribution in [0.2, 0.25) is 0 Å². The third-order valence-corrected chi connectivity index (χ3v) is 2.29. The second-order valence-electron chi connectivity index (χ2n) is 3.55. The summed E-state index contributed by atoms with van der Waals surface area (Å²) in [5.41, 5.74) is 5.22. The van der Waals surface area contributed by atoms with Crippen LogP contribution >= 0.6 is 0 Å². The van der Waals surface area contributed by atoms with Crippen LogP contribution in [-0.2, 0) is 6.18 Å². The molecule has 1 aromatic rings. The Kier molecular flexibility index (Phi) is 2.79. The van der Waals surface area contributed by atoms with Gasteiger partial charge in [-0.05, 0) is 24.3 Å². The Morgan fingerprint density at radius 3 is 2.65 bits per heavy atom. The normalized spacial score (nSPS) is 15.9. The summed E-state index contributed by atoms with van der Waals surface area (Å²) in [5, 5.41) is 0. The van der Waals surface area contributed by atoms with Crippen LogP contribution < -0.4 is 10.6 Å². The fraction of sp³-hybridized carbons (Fsp3) is 0.182. The average Bonchev–Trinajstić information content (AvgIpc) is 2.29. The molecule has 1 aromatic heterocycles. The van der Waals surface area contributed by atoms with Gasteiger partial charge in [-0.15, -0.1) is 0 Å². The minimum atomic E-state index is -4.43. The van der Waals surface area contributed by atoms with Gasteiger partial charge in [0.2, 0.25) is 0 Å². The standard InChI is InChI=1S/C11H10F3N3/c12-11(13,14)9-2-1-3-10(16-9)17-6-4-8(15)5-7-17/h1-6H,7,15H2. The highest BCUT2D eigenvalue weighted by Gasteiger charge is 2.32. The number of anilines is 1. The molecule has 0 aliphatic carbocycles. The van der Waals surface area contributed by atoms with Gasteiger partial charge >= 0.3 is 6.18 Å². The summed E-state index contributed by atoms with van der Waals surface area (Å²) in [6, 6.07) is 3.80. The van der Waals surface area contributed by atoms with Crippen molar-refractivity contribution < 1.29 is 13.2 Å². The quantitative estimate of drug-likeness (QED) is 0.820. The van der Waals surface area contributed by atoms with Gasteiger partial charge in [-0.1, -0.05) is 6.07 Å². The molecule has 6 heteroatoms. The largest absolute Gasteiger partial charge is 0.433 e. The van der Waals surface area contributed by atoms with E-state index >= 15 is 0 Å². The maximum Gasteiger partial charge on any atom is 0.433 e. The van der Waals surface area contributed by atoms with Crippen molar-refractivity contribution in [3.8, 4) is 0 Å². The molecule has 0 fully saturated rings. The topological polar surface area (TPSA) is 42.1 Å². The van der Waals surface area contributed by atoms with Crippen molar-refractivity contribution in [2.45, 2.75) is 6.18 Å². The molecular weight excluding hydrogens is 231 g/mol. The molecule has 0 radical (unpaired) electrons. The zero-order chi connectivity index (χ0) is 12.5. The first kappa shape index (κ1) is 11.5. The predicted molar refractivity (Wildman–Crippen MR) is 58.0 cm³/mol. The second-order valence-corrected chi connectivity index (χ2v) is 3.55. The Bertz CT molecular complexity index is 477. The number of aromatic nitrogens is 1. The van der Waals surface area contributed by atoms with Gasteiger partial charge in [0.1, 0.15) is 11.5 Å². The molecular formula is C11H10F3N3. The van der Waals surface area contributed by atoms with Crippen molar-refractivity contribution in [2.75, 3.05) is 11.4 Å². The van der Waals surface area contributed by atoms with Crippen LogP contribution in [0.25, 0.3) is 0 Å². The van der Waals surface area contributed by atoms with E-state index in [1.54, 1.807) is 23.3 Å². The van der Waals surface area contributed by atoms with Gasteiger partial charge in [0.15, 0.2) is 0 Å². The summed E-state index contributed by atoms with van der Waals surface area (Å²) in [6.07, 6.45) is 0.510. The number of pyridine rings is 1. The lowest BCUT2D eigenvalue weighted by Crippen LogP contribution is -2.22. The number of nitrogens with two attached hydrogens (primary N) is 1. The van der Waals surface area contributed by atoms with Crippen molar-refractivity contribution in [1.82, 2.24) is 4.98 Å². The number of hydrogen-bond acceptors (Lipinski definition) is 3. The lowest BCUT2D eigenvalue weighted by atomic mass is 10.3. The van der Waals surface area contributed by atoms with E-state index in [-0.39, 0.29) is 5.82 Å². The fourth-order valence-corrected chi connectivity index (χ4v) is 1.42. The molecule has 1 aliphatic heterocycles. The highest BCUT2D eigenvalue weighted by Crippen LogP contribution is 2.29. The van der Waals surface area contributed by atoms with Crippen LogP contribution in [0.15, 0.2) is 42.2 Å². The minimum absolute atomic E-state index is 0.250. The van der Waals surface area contributed by atoms with Crippen LogP contribution in [0, 0.1) is 0 Å². The molecule has 0 saturated heterocycles. The third kappa shape index (κ3) is 2.58.